The number of nitrogens with zero attached hydrogens (tertiary/aromatic N) is 1. The molecule has 3 aromatic carbocycles. The first-order valence-corrected chi connectivity index (χ1v) is 10.5. The number of aliphatic carboxylic acids is 1. The quantitative estimate of drug-likeness (QED) is 0.538. The number of hydrogen-bond acceptors (Lipinski definition) is 3. The van der Waals surface area contributed by atoms with Gasteiger partial charge in [-0.05, 0) is 40.8 Å². The molecule has 1 unspecified atom stereocenters. The Kier molecular flexibility index (Phi) is 6.03. The Balaban J connectivity index is 1.59. The Bertz CT molecular complexity index is 1030. The minimum atomic E-state index is -0.945. The van der Waals surface area contributed by atoms with Crippen LogP contribution in [-0.2, 0) is 9.53 Å². The van der Waals surface area contributed by atoms with Crippen molar-refractivity contribution in [2.45, 2.75) is 31.7 Å². The molecule has 158 valence electrons. The largest absolute Gasteiger partial charge is 0.481 e. The van der Waals surface area contributed by atoms with Gasteiger partial charge in [0.2, 0.25) is 0 Å². The first kappa shape index (κ1) is 20.7. The molecule has 0 saturated heterocycles. The van der Waals surface area contributed by atoms with E-state index in [0.29, 0.717) is 12.1 Å². The second-order valence-electron chi connectivity index (χ2n) is 7.67. The molecule has 0 fully saturated rings. The van der Waals surface area contributed by atoms with Gasteiger partial charge in [-0.15, -0.1) is 0 Å². The molecule has 1 N–H and O–H groups in total. The molecule has 0 bridgehead atoms. The number of amides is 1. The normalized spacial score (nSPS) is 13.2. The SMILES string of the molecule is CCC(CC(=O)O)N(C(=O)OCC1c2ccccc2-c2ccccc21)c1ccccc1. The fourth-order valence-corrected chi connectivity index (χ4v) is 4.34. The Morgan fingerprint density at radius 1 is 0.903 bits per heavy atom. The first-order valence-electron chi connectivity index (χ1n) is 10.5. The van der Waals surface area contributed by atoms with Crippen molar-refractivity contribution in [2.24, 2.45) is 0 Å². The van der Waals surface area contributed by atoms with Crippen LogP contribution in [0.4, 0.5) is 10.5 Å². The first-order chi connectivity index (χ1) is 15.1. The summed E-state index contributed by atoms with van der Waals surface area (Å²) < 4.78 is 5.81. The van der Waals surface area contributed by atoms with Crippen molar-refractivity contribution in [3.05, 3.63) is 90.0 Å². The molecule has 0 spiro atoms. The molecule has 5 heteroatoms. The summed E-state index contributed by atoms with van der Waals surface area (Å²) in [6.45, 7) is 2.07. The molecule has 1 amide bonds. The topological polar surface area (TPSA) is 66.8 Å². The van der Waals surface area contributed by atoms with Crippen molar-refractivity contribution >= 4 is 17.7 Å². The van der Waals surface area contributed by atoms with E-state index >= 15 is 0 Å². The average molecular weight is 415 g/mol. The lowest BCUT2D eigenvalue weighted by Gasteiger charge is -2.30. The minimum absolute atomic E-state index is 0.0477. The molecule has 0 aromatic heterocycles. The maximum absolute atomic E-state index is 13.2. The number of fused-ring (bicyclic) bond motifs is 3. The number of ether oxygens (including phenoxy) is 1. The summed E-state index contributed by atoms with van der Waals surface area (Å²) in [4.78, 5) is 26.1. The number of rotatable bonds is 7. The van der Waals surface area contributed by atoms with Crippen LogP contribution in [0.5, 0.6) is 0 Å². The number of carbonyl (C=O) groups is 2. The maximum atomic E-state index is 13.2. The van der Waals surface area contributed by atoms with Crippen LogP contribution in [0, 0.1) is 0 Å². The summed E-state index contributed by atoms with van der Waals surface area (Å²) in [6.07, 6.45) is -0.165. The van der Waals surface area contributed by atoms with Gasteiger partial charge >= 0.3 is 12.1 Å². The third-order valence-electron chi connectivity index (χ3n) is 5.81. The second-order valence-corrected chi connectivity index (χ2v) is 7.67. The molecule has 3 aromatic rings. The molecule has 0 radical (unpaired) electrons. The number of carboxylic acids is 1. The smallest absolute Gasteiger partial charge is 0.414 e. The van der Waals surface area contributed by atoms with E-state index in [0.717, 1.165) is 22.3 Å². The molecule has 5 nitrogen and oxygen atoms in total. The molecule has 0 aliphatic heterocycles. The molecule has 1 aliphatic rings. The van der Waals surface area contributed by atoms with E-state index in [9.17, 15) is 14.7 Å². The third kappa shape index (κ3) is 4.17. The second kappa shape index (κ2) is 9.04. The molecule has 0 heterocycles. The van der Waals surface area contributed by atoms with Gasteiger partial charge in [0, 0.05) is 11.6 Å². The van der Waals surface area contributed by atoms with Crippen LogP contribution < -0.4 is 4.90 Å². The number of para-hydroxylation sites is 1. The van der Waals surface area contributed by atoms with Gasteiger partial charge in [-0.2, -0.15) is 0 Å². The number of carbonyl (C=O) groups excluding carboxylic acids is 1. The average Bonchev–Trinajstić information content (AvgIpc) is 3.11. The summed E-state index contributed by atoms with van der Waals surface area (Å²) in [5, 5.41) is 9.33. The van der Waals surface area contributed by atoms with Gasteiger partial charge in [-0.1, -0.05) is 73.7 Å². The van der Waals surface area contributed by atoms with E-state index in [1.54, 1.807) is 12.1 Å². The van der Waals surface area contributed by atoms with Crippen molar-refractivity contribution in [1.82, 2.24) is 0 Å². The number of hydrogen-bond donors (Lipinski definition) is 1. The monoisotopic (exact) mass is 415 g/mol. The van der Waals surface area contributed by atoms with Crippen LogP contribution in [-0.4, -0.2) is 29.8 Å². The molecule has 0 saturated carbocycles. The minimum Gasteiger partial charge on any atom is -0.481 e. The summed E-state index contributed by atoms with van der Waals surface area (Å²) in [7, 11) is 0. The van der Waals surface area contributed by atoms with Gasteiger partial charge in [0.05, 0.1) is 12.5 Å². The van der Waals surface area contributed by atoms with Gasteiger partial charge in [-0.3, -0.25) is 9.69 Å². The standard InChI is InChI=1S/C26H25NO4/c1-2-18(16-25(28)29)27(19-10-4-3-5-11-19)26(30)31-17-24-22-14-8-6-12-20(22)21-13-7-9-15-23(21)24/h3-15,18,24H,2,16-17H2,1H3,(H,28,29). The third-order valence-corrected chi connectivity index (χ3v) is 5.81. The molecular formula is C26H25NO4. The highest BCUT2D eigenvalue weighted by Gasteiger charge is 2.32. The lowest BCUT2D eigenvalue weighted by molar-refractivity contribution is -0.137. The van der Waals surface area contributed by atoms with Gasteiger partial charge in [0.25, 0.3) is 0 Å². The maximum Gasteiger partial charge on any atom is 0.414 e. The van der Waals surface area contributed by atoms with E-state index in [2.05, 4.69) is 24.3 Å². The Hall–Kier alpha value is -3.60. The molecule has 1 aliphatic carbocycles. The zero-order chi connectivity index (χ0) is 21.8. The van der Waals surface area contributed by atoms with Crippen LogP contribution in [0.3, 0.4) is 0 Å². The lowest BCUT2D eigenvalue weighted by atomic mass is 9.98. The molecule has 4 rings (SSSR count). The number of anilines is 1. The van der Waals surface area contributed by atoms with Crippen molar-refractivity contribution in [3.8, 4) is 11.1 Å². The van der Waals surface area contributed by atoms with Gasteiger partial charge in [-0.25, -0.2) is 4.79 Å². The lowest BCUT2D eigenvalue weighted by Crippen LogP contribution is -2.42. The van der Waals surface area contributed by atoms with E-state index in [1.165, 1.54) is 4.90 Å². The summed E-state index contributed by atoms with van der Waals surface area (Å²) >= 11 is 0. The van der Waals surface area contributed by atoms with Crippen LogP contribution in [0.2, 0.25) is 0 Å². The zero-order valence-electron chi connectivity index (χ0n) is 17.4. The summed E-state index contributed by atoms with van der Waals surface area (Å²) in [6, 6.07) is 25.0. The van der Waals surface area contributed by atoms with E-state index in [4.69, 9.17) is 4.74 Å². The van der Waals surface area contributed by atoms with E-state index in [-0.39, 0.29) is 18.9 Å². The predicted molar refractivity (Wildman–Crippen MR) is 120 cm³/mol. The Morgan fingerprint density at radius 2 is 1.45 bits per heavy atom. The van der Waals surface area contributed by atoms with Crippen molar-refractivity contribution in [1.29, 1.82) is 0 Å². The molecular weight excluding hydrogens is 390 g/mol. The predicted octanol–water partition coefficient (Wildman–Crippen LogP) is 5.70. The highest BCUT2D eigenvalue weighted by atomic mass is 16.6. The summed E-state index contributed by atoms with van der Waals surface area (Å²) in [5.41, 5.74) is 5.24. The van der Waals surface area contributed by atoms with Crippen molar-refractivity contribution in [3.63, 3.8) is 0 Å². The van der Waals surface area contributed by atoms with Gasteiger partial charge in [0.15, 0.2) is 0 Å². The highest BCUT2D eigenvalue weighted by Crippen LogP contribution is 2.44. The zero-order valence-corrected chi connectivity index (χ0v) is 17.4. The van der Waals surface area contributed by atoms with Crippen molar-refractivity contribution < 1.29 is 19.4 Å². The molecule has 31 heavy (non-hydrogen) atoms. The van der Waals surface area contributed by atoms with E-state index in [1.807, 2.05) is 49.4 Å². The van der Waals surface area contributed by atoms with Crippen molar-refractivity contribution in [2.75, 3.05) is 11.5 Å². The van der Waals surface area contributed by atoms with Gasteiger partial charge in [0.1, 0.15) is 6.61 Å². The number of carboxylic acid groups (broad SMARTS) is 1. The summed E-state index contributed by atoms with van der Waals surface area (Å²) in [5.74, 6) is -0.993. The van der Waals surface area contributed by atoms with E-state index < -0.39 is 18.1 Å². The number of benzene rings is 3. The van der Waals surface area contributed by atoms with Crippen LogP contribution >= 0.6 is 0 Å². The van der Waals surface area contributed by atoms with Crippen LogP contribution in [0.15, 0.2) is 78.9 Å². The Labute approximate surface area is 181 Å². The van der Waals surface area contributed by atoms with Crippen LogP contribution in [0.25, 0.3) is 11.1 Å². The highest BCUT2D eigenvalue weighted by molar-refractivity contribution is 5.89. The molecule has 1 atom stereocenters. The fraction of sp³-hybridized carbons (Fsp3) is 0.231. The Morgan fingerprint density at radius 3 is 2.00 bits per heavy atom. The van der Waals surface area contributed by atoms with Crippen LogP contribution in [0.1, 0.15) is 36.8 Å². The van der Waals surface area contributed by atoms with Gasteiger partial charge < -0.3 is 9.84 Å². The fourth-order valence-electron chi connectivity index (χ4n) is 4.34.